The van der Waals surface area contributed by atoms with Crippen LogP contribution in [0.2, 0.25) is 0 Å². The van der Waals surface area contributed by atoms with E-state index in [1.54, 1.807) is 6.33 Å². The van der Waals surface area contributed by atoms with Crippen LogP contribution in [0.3, 0.4) is 0 Å². The molecule has 0 N–H and O–H groups in total. The topological polar surface area (TPSA) is 29.0 Å². The van der Waals surface area contributed by atoms with Gasteiger partial charge >= 0.3 is 0 Å². The van der Waals surface area contributed by atoms with Crippen molar-refractivity contribution in [3.8, 4) is 0 Å². The minimum atomic E-state index is 0.617. The Kier molecular flexibility index (Phi) is 2.06. The summed E-state index contributed by atoms with van der Waals surface area (Å²) >= 11 is 0. The van der Waals surface area contributed by atoms with E-state index in [-0.39, 0.29) is 0 Å². The van der Waals surface area contributed by atoms with Crippen molar-refractivity contribution in [3.05, 3.63) is 30.4 Å². The Hall–Kier alpha value is -1.22. The van der Waals surface area contributed by atoms with Crippen molar-refractivity contribution in [2.75, 3.05) is 13.1 Å². The minimum Gasteiger partial charge on any atom is -0.296 e. The van der Waals surface area contributed by atoms with Crippen molar-refractivity contribution < 1.29 is 0 Å². The first-order valence-corrected chi connectivity index (χ1v) is 5.59. The molecule has 0 saturated carbocycles. The molecule has 1 unspecified atom stereocenters. The molecule has 0 amide bonds. The summed E-state index contributed by atoms with van der Waals surface area (Å²) in [5, 5.41) is 0. The average Bonchev–Trinajstić information content (AvgIpc) is 2.89. The average molecular weight is 201 g/mol. The fourth-order valence-electron chi connectivity index (χ4n) is 2.83. The molecule has 3 nitrogen and oxygen atoms in total. The highest BCUT2D eigenvalue weighted by Gasteiger charge is 2.38. The van der Waals surface area contributed by atoms with Crippen molar-refractivity contribution in [3.63, 3.8) is 0 Å². The Labute approximate surface area is 89.8 Å². The molecule has 1 aliphatic heterocycles. The third-order valence-corrected chi connectivity index (χ3v) is 3.51. The number of nitrogens with zero attached hydrogens (tertiary/aromatic N) is 3. The molecular weight excluding hydrogens is 186 g/mol. The molecule has 2 heterocycles. The van der Waals surface area contributed by atoms with Gasteiger partial charge in [-0.1, -0.05) is 13.0 Å². The van der Waals surface area contributed by atoms with Gasteiger partial charge in [0.1, 0.15) is 6.33 Å². The van der Waals surface area contributed by atoms with E-state index in [0.29, 0.717) is 6.04 Å². The van der Waals surface area contributed by atoms with E-state index in [1.807, 2.05) is 12.4 Å². The normalized spacial score (nSPS) is 29.5. The molecule has 1 fully saturated rings. The lowest BCUT2D eigenvalue weighted by Crippen LogP contribution is -2.31. The van der Waals surface area contributed by atoms with Gasteiger partial charge in [0, 0.05) is 30.5 Å². The summed E-state index contributed by atoms with van der Waals surface area (Å²) in [6, 6.07) is 0.617. The molecule has 15 heavy (non-hydrogen) atoms. The molecule has 2 atom stereocenters. The zero-order chi connectivity index (χ0) is 10.3. The van der Waals surface area contributed by atoms with Gasteiger partial charge in [-0.3, -0.25) is 4.90 Å². The summed E-state index contributed by atoms with van der Waals surface area (Å²) < 4.78 is 0. The second kappa shape index (κ2) is 3.42. The first-order chi connectivity index (χ1) is 7.38. The van der Waals surface area contributed by atoms with Crippen molar-refractivity contribution in [1.29, 1.82) is 0 Å². The lowest BCUT2D eigenvalue weighted by molar-refractivity contribution is 0.302. The maximum absolute atomic E-state index is 4.09. The van der Waals surface area contributed by atoms with Crippen LogP contribution in [0.5, 0.6) is 0 Å². The van der Waals surface area contributed by atoms with E-state index < -0.39 is 0 Å². The van der Waals surface area contributed by atoms with Crippen LogP contribution < -0.4 is 0 Å². The van der Waals surface area contributed by atoms with Gasteiger partial charge in [-0.2, -0.15) is 0 Å². The predicted molar refractivity (Wildman–Crippen MR) is 59.2 cm³/mol. The van der Waals surface area contributed by atoms with E-state index in [9.17, 15) is 0 Å². The summed E-state index contributed by atoms with van der Waals surface area (Å²) in [6.45, 7) is 4.62. The Morgan fingerprint density at radius 2 is 2.20 bits per heavy atom. The van der Waals surface area contributed by atoms with Crippen molar-refractivity contribution in [2.45, 2.75) is 19.4 Å². The zero-order valence-corrected chi connectivity index (χ0v) is 8.93. The maximum atomic E-state index is 4.09. The molecule has 1 saturated heterocycles. The molecule has 0 radical (unpaired) electrons. The number of likely N-dealkylation sites (tertiary alicyclic amines) is 1. The van der Waals surface area contributed by atoms with Gasteiger partial charge in [-0.25, -0.2) is 9.97 Å². The van der Waals surface area contributed by atoms with Crippen LogP contribution >= 0.6 is 0 Å². The quantitative estimate of drug-likeness (QED) is 0.727. The number of likely N-dealkylation sites (N-methyl/N-ethyl adjacent to an activating group) is 1. The Balaban J connectivity index is 1.93. The van der Waals surface area contributed by atoms with Gasteiger partial charge in [-0.05, 0) is 24.5 Å². The van der Waals surface area contributed by atoms with Crippen LogP contribution in [-0.2, 0) is 0 Å². The number of hydrogen-bond acceptors (Lipinski definition) is 3. The monoisotopic (exact) mass is 201 g/mol. The zero-order valence-electron chi connectivity index (χ0n) is 8.93. The van der Waals surface area contributed by atoms with Gasteiger partial charge in [0.25, 0.3) is 0 Å². The first kappa shape index (κ1) is 9.04. The van der Waals surface area contributed by atoms with Crippen LogP contribution in [0.25, 0.3) is 5.57 Å². The van der Waals surface area contributed by atoms with E-state index in [4.69, 9.17) is 0 Å². The molecule has 0 spiro atoms. The second-order valence-electron chi connectivity index (χ2n) is 4.35. The smallest absolute Gasteiger partial charge is 0.115 e. The molecular formula is C12H15N3. The highest BCUT2D eigenvalue weighted by atomic mass is 15.2. The van der Waals surface area contributed by atoms with Crippen molar-refractivity contribution >= 4 is 5.57 Å². The summed E-state index contributed by atoms with van der Waals surface area (Å²) in [7, 11) is 0. The van der Waals surface area contributed by atoms with E-state index in [2.05, 4.69) is 27.9 Å². The third-order valence-electron chi connectivity index (χ3n) is 3.51. The molecule has 1 aliphatic carbocycles. The standard InChI is InChI=1S/C12H15N3/c1-2-15-7-9-3-11(12(15)4-9)10-5-13-8-14-6-10/h3,5-6,8-9,12H,2,4,7H2,1H3/t9-,12?/m1/s1. The minimum absolute atomic E-state index is 0.617. The molecule has 3 heteroatoms. The maximum Gasteiger partial charge on any atom is 0.115 e. The van der Waals surface area contributed by atoms with Crippen molar-refractivity contribution in [1.82, 2.24) is 14.9 Å². The molecule has 3 rings (SSSR count). The van der Waals surface area contributed by atoms with Crippen LogP contribution in [-0.4, -0.2) is 34.0 Å². The lowest BCUT2D eigenvalue weighted by Gasteiger charge is -2.26. The van der Waals surface area contributed by atoms with Gasteiger partial charge in [0.2, 0.25) is 0 Å². The SMILES string of the molecule is CCN1C[C@@H]2C=C(c3cncnc3)C1C2. The summed E-state index contributed by atoms with van der Waals surface area (Å²) in [6.07, 6.45) is 9.14. The summed E-state index contributed by atoms with van der Waals surface area (Å²) in [5.41, 5.74) is 2.64. The van der Waals surface area contributed by atoms with Gasteiger partial charge in [-0.15, -0.1) is 0 Å². The highest BCUT2D eigenvalue weighted by molar-refractivity contribution is 5.72. The molecule has 78 valence electrons. The molecule has 1 aromatic rings. The first-order valence-electron chi connectivity index (χ1n) is 5.59. The fourth-order valence-corrected chi connectivity index (χ4v) is 2.83. The second-order valence-corrected chi connectivity index (χ2v) is 4.35. The molecule has 0 aromatic carbocycles. The van der Waals surface area contributed by atoms with Gasteiger partial charge in [0.15, 0.2) is 0 Å². The Morgan fingerprint density at radius 3 is 2.87 bits per heavy atom. The van der Waals surface area contributed by atoms with Gasteiger partial charge < -0.3 is 0 Å². The van der Waals surface area contributed by atoms with Crippen molar-refractivity contribution in [2.24, 2.45) is 5.92 Å². The fraction of sp³-hybridized carbons (Fsp3) is 0.500. The molecule has 2 aliphatic rings. The number of hydrogen-bond donors (Lipinski definition) is 0. The Bertz CT molecular complexity index is 385. The van der Waals surface area contributed by atoms with Crippen LogP contribution in [0.15, 0.2) is 24.8 Å². The highest BCUT2D eigenvalue weighted by Crippen LogP contribution is 2.40. The predicted octanol–water partition coefficient (Wildman–Crippen LogP) is 1.58. The summed E-state index contributed by atoms with van der Waals surface area (Å²) in [4.78, 5) is 10.7. The number of fused-ring (bicyclic) bond motifs is 2. The largest absolute Gasteiger partial charge is 0.296 e. The molecule has 1 aromatic heterocycles. The van der Waals surface area contributed by atoms with Crippen LogP contribution in [0, 0.1) is 5.92 Å². The van der Waals surface area contributed by atoms with E-state index in [1.165, 1.54) is 24.1 Å². The Morgan fingerprint density at radius 1 is 1.40 bits per heavy atom. The van der Waals surface area contributed by atoms with Gasteiger partial charge in [0.05, 0.1) is 0 Å². The number of rotatable bonds is 2. The third kappa shape index (κ3) is 1.38. The van der Waals surface area contributed by atoms with Crippen LogP contribution in [0.1, 0.15) is 18.9 Å². The van der Waals surface area contributed by atoms with Crippen LogP contribution in [0.4, 0.5) is 0 Å². The van der Waals surface area contributed by atoms with E-state index >= 15 is 0 Å². The lowest BCUT2D eigenvalue weighted by atomic mass is 10.0. The van der Waals surface area contributed by atoms with E-state index in [0.717, 1.165) is 12.5 Å². The molecule has 2 bridgehead atoms. The summed E-state index contributed by atoms with van der Waals surface area (Å²) in [5.74, 6) is 0.755. The number of aromatic nitrogens is 2.